The van der Waals surface area contributed by atoms with Crippen molar-refractivity contribution in [2.24, 2.45) is 5.73 Å². The summed E-state index contributed by atoms with van der Waals surface area (Å²) in [6.07, 6.45) is 0. The van der Waals surface area contributed by atoms with Gasteiger partial charge in [-0.05, 0) is 20.8 Å². The number of nitrogens with two attached hydrogens (primary N) is 1. The number of hydrogen-bond acceptors (Lipinski definition) is 4. The van der Waals surface area contributed by atoms with Crippen molar-refractivity contribution in [2.45, 2.75) is 39.5 Å². The molecule has 13 heavy (non-hydrogen) atoms. The summed E-state index contributed by atoms with van der Waals surface area (Å²) in [5.74, 6) is 0. The molecule has 1 rings (SSSR count). The quantitative estimate of drug-likeness (QED) is 0.683. The van der Waals surface area contributed by atoms with Crippen LogP contribution in [0.4, 0.5) is 0 Å². The maximum atomic E-state index is 9.56. The van der Waals surface area contributed by atoms with Gasteiger partial charge in [0, 0.05) is 6.54 Å². The summed E-state index contributed by atoms with van der Waals surface area (Å²) in [6.45, 7) is 6.18. The summed E-state index contributed by atoms with van der Waals surface area (Å²) >= 11 is 0. The Hall–Kier alpha value is -0.940. The minimum atomic E-state index is -0.773. The standard InChI is InChI=1S/C8H16N4O/c1-6-7(4-9)10-11-12(6)5-8(2,3)13/h13H,4-5,9H2,1-3H3. The third-order valence-corrected chi connectivity index (χ3v) is 1.81. The van der Waals surface area contributed by atoms with Crippen LogP contribution in [0, 0.1) is 6.92 Å². The Morgan fingerprint density at radius 1 is 1.54 bits per heavy atom. The van der Waals surface area contributed by atoms with Crippen molar-refractivity contribution in [3.63, 3.8) is 0 Å². The van der Waals surface area contributed by atoms with Crippen LogP contribution in [-0.4, -0.2) is 25.7 Å². The molecule has 0 amide bonds. The van der Waals surface area contributed by atoms with E-state index in [1.54, 1.807) is 18.5 Å². The monoisotopic (exact) mass is 184 g/mol. The molecule has 0 radical (unpaired) electrons. The highest BCUT2D eigenvalue weighted by atomic mass is 16.3. The first-order valence-corrected chi connectivity index (χ1v) is 4.25. The van der Waals surface area contributed by atoms with Gasteiger partial charge in [0.25, 0.3) is 0 Å². The molecule has 0 aliphatic rings. The Kier molecular flexibility index (Phi) is 2.68. The van der Waals surface area contributed by atoms with E-state index in [1.165, 1.54) is 0 Å². The molecule has 1 aromatic rings. The number of nitrogens with zero attached hydrogens (tertiary/aromatic N) is 3. The number of aromatic nitrogens is 3. The van der Waals surface area contributed by atoms with Crippen LogP contribution in [0.5, 0.6) is 0 Å². The summed E-state index contributed by atoms with van der Waals surface area (Å²) in [6, 6.07) is 0. The minimum Gasteiger partial charge on any atom is -0.389 e. The SMILES string of the molecule is Cc1c(CN)nnn1CC(C)(C)O. The van der Waals surface area contributed by atoms with E-state index in [0.29, 0.717) is 13.1 Å². The maximum absolute atomic E-state index is 9.56. The molecule has 0 aliphatic heterocycles. The van der Waals surface area contributed by atoms with Gasteiger partial charge in [0.15, 0.2) is 0 Å². The number of aliphatic hydroxyl groups is 1. The van der Waals surface area contributed by atoms with Gasteiger partial charge in [0.05, 0.1) is 23.5 Å². The van der Waals surface area contributed by atoms with Crippen LogP contribution in [0.25, 0.3) is 0 Å². The zero-order chi connectivity index (χ0) is 10.1. The van der Waals surface area contributed by atoms with Crippen LogP contribution >= 0.6 is 0 Å². The Morgan fingerprint density at radius 3 is 2.54 bits per heavy atom. The zero-order valence-electron chi connectivity index (χ0n) is 8.28. The highest BCUT2D eigenvalue weighted by molar-refractivity contribution is 5.07. The molecule has 0 saturated heterocycles. The molecule has 5 nitrogen and oxygen atoms in total. The average molecular weight is 184 g/mol. The summed E-state index contributed by atoms with van der Waals surface area (Å²) in [4.78, 5) is 0. The van der Waals surface area contributed by atoms with Gasteiger partial charge in [0.2, 0.25) is 0 Å². The van der Waals surface area contributed by atoms with Crippen molar-refractivity contribution < 1.29 is 5.11 Å². The molecule has 0 unspecified atom stereocenters. The third kappa shape index (κ3) is 2.50. The fourth-order valence-electron chi connectivity index (χ4n) is 1.10. The fourth-order valence-corrected chi connectivity index (χ4v) is 1.10. The molecular weight excluding hydrogens is 168 g/mol. The Labute approximate surface area is 77.6 Å². The van der Waals surface area contributed by atoms with Crippen molar-refractivity contribution in [2.75, 3.05) is 0 Å². The van der Waals surface area contributed by atoms with Gasteiger partial charge in [-0.2, -0.15) is 0 Å². The Bertz CT molecular complexity index is 287. The highest BCUT2D eigenvalue weighted by Gasteiger charge is 2.16. The van der Waals surface area contributed by atoms with Crippen molar-refractivity contribution >= 4 is 0 Å². The second kappa shape index (κ2) is 3.43. The third-order valence-electron chi connectivity index (χ3n) is 1.81. The topological polar surface area (TPSA) is 77.0 Å². The summed E-state index contributed by atoms with van der Waals surface area (Å²) in [5.41, 5.74) is 6.38. The molecule has 0 aliphatic carbocycles. The number of rotatable bonds is 3. The van der Waals surface area contributed by atoms with E-state index >= 15 is 0 Å². The van der Waals surface area contributed by atoms with Crippen molar-refractivity contribution in [3.05, 3.63) is 11.4 Å². The van der Waals surface area contributed by atoms with Crippen molar-refractivity contribution in [3.8, 4) is 0 Å². The second-order valence-corrected chi connectivity index (χ2v) is 3.80. The van der Waals surface area contributed by atoms with Gasteiger partial charge in [-0.15, -0.1) is 5.10 Å². The molecule has 0 atom stereocenters. The molecule has 0 aromatic carbocycles. The summed E-state index contributed by atoms with van der Waals surface area (Å²) in [5, 5.41) is 17.4. The molecule has 3 N–H and O–H groups in total. The van der Waals surface area contributed by atoms with Crippen molar-refractivity contribution in [1.29, 1.82) is 0 Å². The Balaban J connectivity index is 2.84. The normalized spacial score (nSPS) is 12.1. The molecule has 5 heteroatoms. The molecule has 0 bridgehead atoms. The summed E-state index contributed by atoms with van der Waals surface area (Å²) < 4.78 is 1.67. The Morgan fingerprint density at radius 2 is 2.15 bits per heavy atom. The van der Waals surface area contributed by atoms with Gasteiger partial charge in [0.1, 0.15) is 0 Å². The van der Waals surface area contributed by atoms with Gasteiger partial charge in [-0.25, -0.2) is 4.68 Å². The van der Waals surface area contributed by atoms with Crippen LogP contribution in [0.15, 0.2) is 0 Å². The first-order valence-electron chi connectivity index (χ1n) is 4.25. The molecule has 0 saturated carbocycles. The van der Waals surface area contributed by atoms with Crippen molar-refractivity contribution in [1.82, 2.24) is 15.0 Å². The lowest BCUT2D eigenvalue weighted by atomic mass is 10.1. The van der Waals surface area contributed by atoms with Crippen LogP contribution in [0.3, 0.4) is 0 Å². The molecule has 1 aromatic heterocycles. The predicted molar refractivity (Wildman–Crippen MR) is 48.9 cm³/mol. The first kappa shape index (κ1) is 10.1. The predicted octanol–water partition coefficient (Wildman–Crippen LogP) is -0.184. The molecule has 1 heterocycles. The van der Waals surface area contributed by atoms with Gasteiger partial charge in [-0.1, -0.05) is 5.21 Å². The molecule has 74 valence electrons. The zero-order valence-corrected chi connectivity index (χ0v) is 8.28. The van der Waals surface area contributed by atoms with E-state index in [9.17, 15) is 5.11 Å². The lowest BCUT2D eigenvalue weighted by Crippen LogP contribution is -2.27. The smallest absolute Gasteiger partial charge is 0.0991 e. The highest BCUT2D eigenvalue weighted by Crippen LogP contribution is 2.08. The second-order valence-electron chi connectivity index (χ2n) is 3.80. The van der Waals surface area contributed by atoms with Gasteiger partial charge < -0.3 is 10.8 Å². The van der Waals surface area contributed by atoms with Crippen LogP contribution in [-0.2, 0) is 13.1 Å². The lowest BCUT2D eigenvalue weighted by Gasteiger charge is -2.17. The first-order chi connectivity index (χ1) is 5.94. The fraction of sp³-hybridized carbons (Fsp3) is 0.750. The summed E-state index contributed by atoms with van der Waals surface area (Å²) in [7, 11) is 0. The molecule has 0 fully saturated rings. The van der Waals surface area contributed by atoms with E-state index in [0.717, 1.165) is 11.4 Å². The van der Waals surface area contributed by atoms with E-state index in [-0.39, 0.29) is 0 Å². The minimum absolute atomic E-state index is 0.387. The van der Waals surface area contributed by atoms with Gasteiger partial charge in [-0.3, -0.25) is 0 Å². The van der Waals surface area contributed by atoms with Crippen LogP contribution < -0.4 is 5.73 Å². The van der Waals surface area contributed by atoms with E-state index in [4.69, 9.17) is 5.73 Å². The van der Waals surface area contributed by atoms with E-state index < -0.39 is 5.60 Å². The maximum Gasteiger partial charge on any atom is 0.0991 e. The largest absolute Gasteiger partial charge is 0.389 e. The molecule has 0 spiro atoms. The van der Waals surface area contributed by atoms with Gasteiger partial charge >= 0.3 is 0 Å². The number of hydrogen-bond donors (Lipinski definition) is 2. The van der Waals surface area contributed by atoms with Crippen LogP contribution in [0.2, 0.25) is 0 Å². The van der Waals surface area contributed by atoms with E-state index in [1.807, 2.05) is 6.92 Å². The molecular formula is C8H16N4O. The lowest BCUT2D eigenvalue weighted by molar-refractivity contribution is 0.0564. The van der Waals surface area contributed by atoms with E-state index in [2.05, 4.69) is 10.3 Å². The average Bonchev–Trinajstić information content (AvgIpc) is 2.30. The van der Waals surface area contributed by atoms with Crippen LogP contribution in [0.1, 0.15) is 25.2 Å².